The number of aryl methyl sites for hydroxylation is 3. The van der Waals surface area contributed by atoms with Crippen LogP contribution in [0.5, 0.6) is 0 Å². The van der Waals surface area contributed by atoms with Gasteiger partial charge >= 0.3 is 0 Å². The second kappa shape index (κ2) is 5.13. The Labute approximate surface area is 114 Å². The predicted molar refractivity (Wildman–Crippen MR) is 74.9 cm³/mol. The van der Waals surface area contributed by atoms with Gasteiger partial charge in [-0.15, -0.1) is 0 Å². The van der Waals surface area contributed by atoms with E-state index in [2.05, 4.69) is 16.1 Å². The van der Waals surface area contributed by atoms with Crippen molar-refractivity contribution in [2.24, 2.45) is 0 Å². The molecule has 4 nitrogen and oxygen atoms in total. The zero-order valence-corrected chi connectivity index (χ0v) is 12.0. The van der Waals surface area contributed by atoms with E-state index >= 15 is 0 Å². The normalized spacial score (nSPS) is 14.4. The minimum absolute atomic E-state index is 0.463. The SMILES string of the molecule is CCn1ncnc1CC(C)(O)c1cc(C)ccc1C. The van der Waals surface area contributed by atoms with E-state index in [1.807, 2.05) is 44.5 Å². The van der Waals surface area contributed by atoms with Crippen molar-refractivity contribution in [2.75, 3.05) is 0 Å². The van der Waals surface area contributed by atoms with Gasteiger partial charge in [-0.1, -0.05) is 23.8 Å². The van der Waals surface area contributed by atoms with Crippen molar-refractivity contribution in [1.82, 2.24) is 14.8 Å². The van der Waals surface area contributed by atoms with Crippen LogP contribution in [-0.4, -0.2) is 19.9 Å². The fourth-order valence-electron chi connectivity index (χ4n) is 2.41. The first-order valence-electron chi connectivity index (χ1n) is 6.61. The smallest absolute Gasteiger partial charge is 0.138 e. The second-order valence-electron chi connectivity index (χ2n) is 5.26. The molecule has 0 spiro atoms. The van der Waals surface area contributed by atoms with Crippen LogP contribution in [0.25, 0.3) is 0 Å². The summed E-state index contributed by atoms with van der Waals surface area (Å²) >= 11 is 0. The predicted octanol–water partition coefficient (Wildman–Crippen LogP) is 2.37. The summed E-state index contributed by atoms with van der Waals surface area (Å²) in [6, 6.07) is 6.15. The van der Waals surface area contributed by atoms with Crippen LogP contribution < -0.4 is 0 Å². The van der Waals surface area contributed by atoms with Crippen LogP contribution in [0.3, 0.4) is 0 Å². The molecule has 0 amide bonds. The number of nitrogens with zero attached hydrogens (tertiary/aromatic N) is 3. The molecular formula is C15H21N3O. The van der Waals surface area contributed by atoms with Crippen molar-refractivity contribution in [1.29, 1.82) is 0 Å². The van der Waals surface area contributed by atoms with Gasteiger partial charge in [0.05, 0.1) is 5.60 Å². The minimum atomic E-state index is -0.934. The fourth-order valence-corrected chi connectivity index (χ4v) is 2.41. The summed E-state index contributed by atoms with van der Waals surface area (Å²) in [5, 5.41) is 14.9. The number of aromatic nitrogens is 3. The van der Waals surface area contributed by atoms with Gasteiger partial charge in [0.25, 0.3) is 0 Å². The van der Waals surface area contributed by atoms with Crippen molar-refractivity contribution in [2.45, 2.75) is 46.3 Å². The van der Waals surface area contributed by atoms with Crippen LogP contribution in [0.2, 0.25) is 0 Å². The molecule has 1 heterocycles. The monoisotopic (exact) mass is 259 g/mol. The van der Waals surface area contributed by atoms with Crippen LogP contribution in [0, 0.1) is 13.8 Å². The first-order chi connectivity index (χ1) is 8.94. The molecule has 19 heavy (non-hydrogen) atoms. The summed E-state index contributed by atoms with van der Waals surface area (Å²) < 4.78 is 1.82. The van der Waals surface area contributed by atoms with Gasteiger partial charge in [0.1, 0.15) is 12.2 Å². The molecule has 0 radical (unpaired) electrons. The Morgan fingerprint density at radius 3 is 2.74 bits per heavy atom. The van der Waals surface area contributed by atoms with Crippen LogP contribution in [0.4, 0.5) is 0 Å². The van der Waals surface area contributed by atoms with E-state index in [0.29, 0.717) is 6.42 Å². The zero-order valence-electron chi connectivity index (χ0n) is 12.0. The van der Waals surface area contributed by atoms with E-state index in [1.165, 1.54) is 6.33 Å². The van der Waals surface area contributed by atoms with Gasteiger partial charge < -0.3 is 5.11 Å². The zero-order chi connectivity index (χ0) is 14.0. The van der Waals surface area contributed by atoms with Gasteiger partial charge in [-0.25, -0.2) is 4.98 Å². The lowest BCUT2D eigenvalue weighted by atomic mass is 9.88. The average molecular weight is 259 g/mol. The molecule has 1 atom stereocenters. The van der Waals surface area contributed by atoms with Crippen LogP contribution in [0.1, 0.15) is 36.4 Å². The third kappa shape index (κ3) is 2.84. The highest BCUT2D eigenvalue weighted by atomic mass is 16.3. The topological polar surface area (TPSA) is 50.9 Å². The highest BCUT2D eigenvalue weighted by Crippen LogP contribution is 2.28. The number of aliphatic hydroxyl groups is 1. The summed E-state index contributed by atoms with van der Waals surface area (Å²) in [5.74, 6) is 0.813. The Kier molecular flexibility index (Phi) is 3.71. The molecular weight excluding hydrogens is 238 g/mol. The third-order valence-corrected chi connectivity index (χ3v) is 3.47. The van der Waals surface area contributed by atoms with Crippen molar-refractivity contribution in [3.05, 3.63) is 47.0 Å². The molecule has 1 unspecified atom stereocenters. The third-order valence-electron chi connectivity index (χ3n) is 3.47. The van der Waals surface area contributed by atoms with Crippen molar-refractivity contribution in [3.63, 3.8) is 0 Å². The molecule has 0 aliphatic carbocycles. The maximum absolute atomic E-state index is 10.8. The molecule has 0 bridgehead atoms. The van der Waals surface area contributed by atoms with E-state index < -0.39 is 5.60 Å². The maximum atomic E-state index is 10.8. The quantitative estimate of drug-likeness (QED) is 0.917. The number of rotatable bonds is 4. The fraction of sp³-hybridized carbons (Fsp3) is 0.467. The molecule has 2 aromatic rings. The summed E-state index contributed by atoms with van der Waals surface area (Å²) in [4.78, 5) is 4.24. The highest BCUT2D eigenvalue weighted by Gasteiger charge is 2.27. The lowest BCUT2D eigenvalue weighted by molar-refractivity contribution is 0.0536. The van der Waals surface area contributed by atoms with E-state index in [1.54, 1.807) is 0 Å². The second-order valence-corrected chi connectivity index (χ2v) is 5.26. The Balaban J connectivity index is 2.34. The lowest BCUT2D eigenvalue weighted by Gasteiger charge is -2.26. The van der Waals surface area contributed by atoms with Gasteiger partial charge in [0.2, 0.25) is 0 Å². The lowest BCUT2D eigenvalue weighted by Crippen LogP contribution is -2.27. The average Bonchev–Trinajstić information content (AvgIpc) is 2.78. The number of hydrogen-bond acceptors (Lipinski definition) is 3. The Morgan fingerprint density at radius 2 is 2.05 bits per heavy atom. The van der Waals surface area contributed by atoms with Gasteiger partial charge in [0.15, 0.2) is 0 Å². The number of benzene rings is 1. The Bertz CT molecular complexity index is 573. The molecule has 2 rings (SSSR count). The Morgan fingerprint density at radius 1 is 1.32 bits per heavy atom. The standard InChI is InChI=1S/C15H21N3O/c1-5-18-14(16-10-17-18)9-15(4,19)13-8-11(2)6-7-12(13)3/h6-8,10,19H,5,9H2,1-4H3. The van der Waals surface area contributed by atoms with E-state index in [0.717, 1.165) is 29.1 Å². The summed E-state index contributed by atoms with van der Waals surface area (Å²) in [6.45, 7) is 8.67. The van der Waals surface area contributed by atoms with Crippen LogP contribution >= 0.6 is 0 Å². The van der Waals surface area contributed by atoms with Gasteiger partial charge in [-0.2, -0.15) is 5.10 Å². The Hall–Kier alpha value is -1.68. The molecule has 0 aliphatic heterocycles. The van der Waals surface area contributed by atoms with Crippen LogP contribution in [0.15, 0.2) is 24.5 Å². The molecule has 0 aliphatic rings. The molecule has 1 aromatic carbocycles. The first-order valence-corrected chi connectivity index (χ1v) is 6.61. The molecule has 1 N–H and O–H groups in total. The van der Waals surface area contributed by atoms with E-state index in [4.69, 9.17) is 0 Å². The van der Waals surface area contributed by atoms with Crippen molar-refractivity contribution >= 4 is 0 Å². The first kappa shape index (κ1) is 13.7. The minimum Gasteiger partial charge on any atom is -0.385 e. The number of hydrogen-bond donors (Lipinski definition) is 1. The molecule has 4 heteroatoms. The molecule has 0 fully saturated rings. The van der Waals surface area contributed by atoms with E-state index in [-0.39, 0.29) is 0 Å². The van der Waals surface area contributed by atoms with Gasteiger partial charge in [-0.05, 0) is 38.8 Å². The van der Waals surface area contributed by atoms with Crippen molar-refractivity contribution in [3.8, 4) is 0 Å². The van der Waals surface area contributed by atoms with Crippen molar-refractivity contribution < 1.29 is 5.11 Å². The maximum Gasteiger partial charge on any atom is 0.138 e. The van der Waals surface area contributed by atoms with Gasteiger partial charge in [-0.3, -0.25) is 4.68 Å². The molecule has 0 saturated carbocycles. The molecule has 0 saturated heterocycles. The highest BCUT2D eigenvalue weighted by molar-refractivity contribution is 5.35. The summed E-state index contributed by atoms with van der Waals surface area (Å²) in [7, 11) is 0. The largest absolute Gasteiger partial charge is 0.385 e. The summed E-state index contributed by atoms with van der Waals surface area (Å²) in [6.07, 6.45) is 2.00. The van der Waals surface area contributed by atoms with Crippen LogP contribution in [-0.2, 0) is 18.6 Å². The molecule has 102 valence electrons. The molecule has 1 aromatic heterocycles. The van der Waals surface area contributed by atoms with Gasteiger partial charge in [0, 0.05) is 13.0 Å². The summed E-state index contributed by atoms with van der Waals surface area (Å²) in [5.41, 5.74) is 2.27. The van der Waals surface area contributed by atoms with E-state index in [9.17, 15) is 5.11 Å².